The Morgan fingerprint density at radius 2 is 2.00 bits per heavy atom. The summed E-state index contributed by atoms with van der Waals surface area (Å²) in [7, 11) is 0. The lowest BCUT2D eigenvalue weighted by Crippen LogP contribution is -2.24. The van der Waals surface area contributed by atoms with Gasteiger partial charge < -0.3 is 10.1 Å². The summed E-state index contributed by atoms with van der Waals surface area (Å²) in [5, 5.41) is 3.66. The van der Waals surface area contributed by atoms with Crippen molar-refractivity contribution in [2.45, 2.75) is 58.4 Å². The molecule has 2 rings (SSSR count). The van der Waals surface area contributed by atoms with E-state index in [-0.39, 0.29) is 0 Å². The molecule has 0 aromatic heterocycles. The zero-order valence-corrected chi connectivity index (χ0v) is 14.9. The summed E-state index contributed by atoms with van der Waals surface area (Å²) >= 11 is 3.64. The minimum atomic E-state index is 0.463. The van der Waals surface area contributed by atoms with Crippen LogP contribution in [0.4, 0.5) is 0 Å². The first-order valence-electron chi connectivity index (χ1n) is 8.40. The average Bonchev–Trinajstić information content (AvgIpc) is 2.50. The largest absolute Gasteiger partial charge is 0.493 e. The second-order valence-electron chi connectivity index (χ2n) is 5.97. The molecule has 3 heteroatoms. The molecule has 0 radical (unpaired) electrons. The molecule has 1 aliphatic rings. The first-order chi connectivity index (χ1) is 10.2. The molecule has 0 spiro atoms. The van der Waals surface area contributed by atoms with Crippen LogP contribution in [0.5, 0.6) is 5.75 Å². The monoisotopic (exact) mass is 353 g/mol. The second-order valence-corrected chi connectivity index (χ2v) is 6.83. The van der Waals surface area contributed by atoms with Gasteiger partial charge in [0, 0.05) is 6.04 Å². The minimum absolute atomic E-state index is 0.463. The molecule has 0 bridgehead atoms. The molecule has 1 atom stereocenters. The van der Waals surface area contributed by atoms with E-state index in [4.69, 9.17) is 4.74 Å². The van der Waals surface area contributed by atoms with E-state index in [0.717, 1.165) is 22.7 Å². The van der Waals surface area contributed by atoms with Crippen LogP contribution in [0.15, 0.2) is 22.7 Å². The Hall–Kier alpha value is -0.540. The molecule has 1 aromatic rings. The SMILES string of the molecule is CCNC(CC1CCCCC1)c1ccc(OCC)c(Br)c1. The van der Waals surface area contributed by atoms with Gasteiger partial charge in [-0.05, 0) is 59.4 Å². The van der Waals surface area contributed by atoms with E-state index in [1.54, 1.807) is 0 Å². The number of benzene rings is 1. The fraction of sp³-hybridized carbons (Fsp3) is 0.667. The topological polar surface area (TPSA) is 21.3 Å². The highest BCUT2D eigenvalue weighted by Crippen LogP contribution is 2.34. The molecular formula is C18H28BrNO. The lowest BCUT2D eigenvalue weighted by atomic mass is 9.83. The summed E-state index contributed by atoms with van der Waals surface area (Å²) in [6.07, 6.45) is 8.32. The van der Waals surface area contributed by atoms with E-state index in [1.165, 1.54) is 44.1 Å². The van der Waals surface area contributed by atoms with Gasteiger partial charge in [-0.1, -0.05) is 45.1 Å². The van der Waals surface area contributed by atoms with Crippen molar-refractivity contribution in [3.63, 3.8) is 0 Å². The quantitative estimate of drug-likeness (QED) is 0.701. The van der Waals surface area contributed by atoms with Gasteiger partial charge in [-0.15, -0.1) is 0 Å². The Bertz CT molecular complexity index is 429. The Labute approximate surface area is 137 Å². The smallest absolute Gasteiger partial charge is 0.133 e. The molecule has 21 heavy (non-hydrogen) atoms. The molecule has 1 N–H and O–H groups in total. The molecule has 1 aliphatic carbocycles. The van der Waals surface area contributed by atoms with Gasteiger partial charge >= 0.3 is 0 Å². The summed E-state index contributed by atoms with van der Waals surface area (Å²) in [5.74, 6) is 1.82. The lowest BCUT2D eigenvalue weighted by molar-refractivity contribution is 0.301. The molecule has 0 amide bonds. The number of rotatable bonds is 7. The standard InChI is InChI=1S/C18H28BrNO/c1-3-20-17(12-14-8-6-5-7-9-14)15-10-11-18(21-4-2)16(19)13-15/h10-11,13-14,17,20H,3-9,12H2,1-2H3. The van der Waals surface area contributed by atoms with Crippen molar-refractivity contribution in [3.8, 4) is 5.75 Å². The van der Waals surface area contributed by atoms with Crippen LogP contribution in [0.1, 0.15) is 64.0 Å². The summed E-state index contributed by atoms with van der Waals surface area (Å²) in [6.45, 7) is 5.93. The zero-order valence-electron chi connectivity index (χ0n) is 13.3. The van der Waals surface area contributed by atoms with Crippen LogP contribution < -0.4 is 10.1 Å². The minimum Gasteiger partial charge on any atom is -0.493 e. The molecule has 2 nitrogen and oxygen atoms in total. The number of ether oxygens (including phenoxy) is 1. The molecule has 1 aromatic carbocycles. The van der Waals surface area contributed by atoms with Crippen LogP contribution in [0.25, 0.3) is 0 Å². The Morgan fingerprint density at radius 3 is 2.62 bits per heavy atom. The molecule has 0 aliphatic heterocycles. The molecule has 0 heterocycles. The molecule has 1 unspecified atom stereocenters. The van der Waals surface area contributed by atoms with Crippen LogP contribution in [0.2, 0.25) is 0 Å². The van der Waals surface area contributed by atoms with Crippen molar-refractivity contribution >= 4 is 15.9 Å². The van der Waals surface area contributed by atoms with Crippen molar-refractivity contribution in [1.82, 2.24) is 5.32 Å². The normalized spacial score (nSPS) is 17.7. The highest BCUT2D eigenvalue weighted by atomic mass is 79.9. The summed E-state index contributed by atoms with van der Waals surface area (Å²) in [6, 6.07) is 6.99. The van der Waals surface area contributed by atoms with Gasteiger partial charge in [0.15, 0.2) is 0 Å². The van der Waals surface area contributed by atoms with Gasteiger partial charge in [-0.25, -0.2) is 0 Å². The number of halogens is 1. The maximum atomic E-state index is 5.61. The van der Waals surface area contributed by atoms with E-state index < -0.39 is 0 Å². The van der Waals surface area contributed by atoms with E-state index in [9.17, 15) is 0 Å². The zero-order chi connectivity index (χ0) is 15.1. The molecule has 1 fully saturated rings. The molecule has 1 saturated carbocycles. The second kappa shape index (κ2) is 8.79. The third kappa shape index (κ3) is 5.00. The van der Waals surface area contributed by atoms with Crippen molar-refractivity contribution in [2.75, 3.05) is 13.2 Å². The number of hydrogen-bond acceptors (Lipinski definition) is 2. The van der Waals surface area contributed by atoms with E-state index in [0.29, 0.717) is 12.6 Å². The van der Waals surface area contributed by atoms with Crippen LogP contribution in [-0.4, -0.2) is 13.2 Å². The van der Waals surface area contributed by atoms with Gasteiger partial charge in [0.25, 0.3) is 0 Å². The highest BCUT2D eigenvalue weighted by Gasteiger charge is 2.20. The molecular weight excluding hydrogens is 326 g/mol. The van der Waals surface area contributed by atoms with Crippen LogP contribution in [0.3, 0.4) is 0 Å². The van der Waals surface area contributed by atoms with Gasteiger partial charge in [0.2, 0.25) is 0 Å². The van der Waals surface area contributed by atoms with Gasteiger partial charge in [0.1, 0.15) is 5.75 Å². The predicted molar refractivity (Wildman–Crippen MR) is 92.9 cm³/mol. The van der Waals surface area contributed by atoms with Crippen LogP contribution in [0, 0.1) is 5.92 Å². The Balaban J connectivity index is 2.07. The Kier molecular flexibility index (Phi) is 7.05. The van der Waals surface area contributed by atoms with Gasteiger partial charge in [0.05, 0.1) is 11.1 Å². The van der Waals surface area contributed by atoms with Crippen molar-refractivity contribution in [2.24, 2.45) is 5.92 Å². The maximum Gasteiger partial charge on any atom is 0.133 e. The summed E-state index contributed by atoms with van der Waals surface area (Å²) < 4.78 is 6.68. The van der Waals surface area contributed by atoms with Crippen LogP contribution >= 0.6 is 15.9 Å². The average molecular weight is 354 g/mol. The van der Waals surface area contributed by atoms with Crippen LogP contribution in [-0.2, 0) is 0 Å². The van der Waals surface area contributed by atoms with Gasteiger partial charge in [-0.2, -0.15) is 0 Å². The number of nitrogens with one attached hydrogen (secondary N) is 1. The number of hydrogen-bond donors (Lipinski definition) is 1. The lowest BCUT2D eigenvalue weighted by Gasteiger charge is -2.27. The third-order valence-electron chi connectivity index (χ3n) is 4.40. The third-order valence-corrected chi connectivity index (χ3v) is 5.02. The van der Waals surface area contributed by atoms with Crippen molar-refractivity contribution in [3.05, 3.63) is 28.2 Å². The summed E-state index contributed by atoms with van der Waals surface area (Å²) in [4.78, 5) is 0. The van der Waals surface area contributed by atoms with Gasteiger partial charge in [-0.3, -0.25) is 0 Å². The first-order valence-corrected chi connectivity index (χ1v) is 9.19. The highest BCUT2D eigenvalue weighted by molar-refractivity contribution is 9.10. The van der Waals surface area contributed by atoms with Crippen molar-refractivity contribution in [1.29, 1.82) is 0 Å². The van der Waals surface area contributed by atoms with E-state index >= 15 is 0 Å². The maximum absolute atomic E-state index is 5.61. The Morgan fingerprint density at radius 1 is 1.24 bits per heavy atom. The first kappa shape index (κ1) is 16.8. The summed E-state index contributed by atoms with van der Waals surface area (Å²) in [5.41, 5.74) is 1.37. The molecule has 118 valence electrons. The van der Waals surface area contributed by atoms with E-state index in [2.05, 4.69) is 46.4 Å². The fourth-order valence-corrected chi connectivity index (χ4v) is 3.86. The fourth-order valence-electron chi connectivity index (χ4n) is 3.35. The predicted octanol–water partition coefficient (Wildman–Crippen LogP) is 5.47. The van der Waals surface area contributed by atoms with Crippen molar-refractivity contribution < 1.29 is 4.74 Å². The van der Waals surface area contributed by atoms with E-state index in [1.807, 2.05) is 6.92 Å². The molecule has 0 saturated heterocycles.